The predicted molar refractivity (Wildman–Crippen MR) is 80.8 cm³/mol. The van der Waals surface area contributed by atoms with Crippen molar-refractivity contribution in [3.63, 3.8) is 0 Å². The first kappa shape index (κ1) is 15.4. The van der Waals surface area contributed by atoms with E-state index in [4.69, 9.17) is 0 Å². The van der Waals surface area contributed by atoms with Crippen molar-refractivity contribution in [2.75, 3.05) is 23.4 Å². The minimum absolute atomic E-state index is 0.0217. The minimum Gasteiger partial charge on any atom is -0.321 e. The van der Waals surface area contributed by atoms with Crippen LogP contribution in [0.3, 0.4) is 0 Å². The van der Waals surface area contributed by atoms with Crippen molar-refractivity contribution in [2.24, 2.45) is 0 Å². The number of nitrogens with one attached hydrogen (secondary N) is 1. The third kappa shape index (κ3) is 4.01. The molecule has 7 nitrogen and oxygen atoms in total. The van der Waals surface area contributed by atoms with Crippen LogP contribution in [0.4, 0.5) is 16.2 Å². The number of hydrogen-bond acceptors (Lipinski definition) is 4. The van der Waals surface area contributed by atoms with Gasteiger partial charge < -0.3 is 10.2 Å². The lowest BCUT2D eigenvalue weighted by molar-refractivity contribution is -0.384. The molecule has 0 spiro atoms. The number of benzene rings is 1. The van der Waals surface area contributed by atoms with E-state index in [2.05, 4.69) is 5.32 Å². The van der Waals surface area contributed by atoms with Gasteiger partial charge in [-0.2, -0.15) is 0 Å². The number of nitrogens with zero attached hydrogens (tertiary/aromatic N) is 2. The monoisotopic (exact) mass is 311 g/mol. The fourth-order valence-corrected chi connectivity index (χ4v) is 3.35. The highest BCUT2D eigenvalue weighted by Crippen LogP contribution is 2.17. The van der Waals surface area contributed by atoms with Crippen LogP contribution in [-0.4, -0.2) is 44.2 Å². The molecular weight excluding hydrogens is 294 g/mol. The Kier molecular flexibility index (Phi) is 4.89. The van der Waals surface area contributed by atoms with Gasteiger partial charge in [-0.1, -0.05) is 0 Å². The first-order valence-electron chi connectivity index (χ1n) is 6.64. The van der Waals surface area contributed by atoms with Crippen LogP contribution < -0.4 is 5.32 Å². The van der Waals surface area contributed by atoms with Gasteiger partial charge in [0.2, 0.25) is 0 Å². The minimum atomic E-state index is -0.867. The Balaban J connectivity index is 2.02. The fraction of sp³-hybridized carbons (Fsp3) is 0.462. The SMILES string of the molecule is C[C@@H]1CC[S@](=O)CCN1C(=O)Nc1ccc([N+](=O)[O-])cc1. The molecule has 114 valence electrons. The molecule has 1 saturated heterocycles. The van der Waals surface area contributed by atoms with Gasteiger partial charge in [-0.25, -0.2) is 4.79 Å². The van der Waals surface area contributed by atoms with Gasteiger partial charge in [0, 0.05) is 52.7 Å². The molecule has 1 N–H and O–H groups in total. The summed E-state index contributed by atoms with van der Waals surface area (Å²) >= 11 is 0. The van der Waals surface area contributed by atoms with E-state index in [-0.39, 0.29) is 17.8 Å². The zero-order valence-corrected chi connectivity index (χ0v) is 12.5. The maximum Gasteiger partial charge on any atom is 0.322 e. The normalized spacial score (nSPS) is 22.4. The van der Waals surface area contributed by atoms with Crippen molar-refractivity contribution in [3.05, 3.63) is 34.4 Å². The van der Waals surface area contributed by atoms with Crippen LogP contribution in [0, 0.1) is 10.1 Å². The molecule has 21 heavy (non-hydrogen) atoms. The lowest BCUT2D eigenvalue weighted by Gasteiger charge is -2.26. The van der Waals surface area contributed by atoms with Crippen LogP contribution in [0.25, 0.3) is 0 Å². The standard InChI is InChI=1S/C13H17N3O4S/c1-10-6-8-21(20)9-7-15(10)13(17)14-11-2-4-12(5-3-11)16(18)19/h2-5,10H,6-9H2,1H3,(H,14,17)/t10-,21+/m1/s1. The van der Waals surface area contributed by atoms with Crippen LogP contribution in [0.5, 0.6) is 0 Å². The van der Waals surface area contributed by atoms with E-state index >= 15 is 0 Å². The highest BCUT2D eigenvalue weighted by atomic mass is 32.2. The molecule has 0 bridgehead atoms. The zero-order valence-electron chi connectivity index (χ0n) is 11.7. The van der Waals surface area contributed by atoms with Gasteiger partial charge >= 0.3 is 6.03 Å². The van der Waals surface area contributed by atoms with Crippen LogP contribution in [0.2, 0.25) is 0 Å². The molecule has 8 heteroatoms. The Hall–Kier alpha value is -1.96. The summed E-state index contributed by atoms with van der Waals surface area (Å²) in [6.45, 7) is 2.38. The van der Waals surface area contributed by atoms with Crippen molar-refractivity contribution < 1.29 is 13.9 Å². The second-order valence-electron chi connectivity index (χ2n) is 4.91. The number of rotatable bonds is 2. The van der Waals surface area contributed by atoms with E-state index in [1.54, 1.807) is 4.90 Å². The number of urea groups is 1. The fourth-order valence-electron chi connectivity index (χ4n) is 2.14. The Morgan fingerprint density at radius 1 is 1.38 bits per heavy atom. The molecule has 1 aromatic carbocycles. The molecular formula is C13H17N3O4S. The van der Waals surface area contributed by atoms with Gasteiger partial charge in [0.25, 0.3) is 5.69 Å². The van der Waals surface area contributed by atoms with Crippen molar-refractivity contribution in [1.82, 2.24) is 4.90 Å². The largest absolute Gasteiger partial charge is 0.322 e. The first-order valence-corrected chi connectivity index (χ1v) is 8.13. The number of carbonyl (C=O) groups excluding carboxylic acids is 1. The Morgan fingerprint density at radius 3 is 2.67 bits per heavy atom. The van der Waals surface area contributed by atoms with Crippen molar-refractivity contribution >= 4 is 28.2 Å². The summed E-state index contributed by atoms with van der Waals surface area (Å²) in [6, 6.07) is 5.44. The van der Waals surface area contributed by atoms with Crippen LogP contribution in [0.1, 0.15) is 13.3 Å². The number of nitro benzene ring substituents is 1. The second-order valence-corrected chi connectivity index (χ2v) is 6.61. The Labute approximate surface area is 124 Å². The lowest BCUT2D eigenvalue weighted by Crippen LogP contribution is -2.42. The van der Waals surface area contributed by atoms with Crippen LogP contribution in [0.15, 0.2) is 24.3 Å². The van der Waals surface area contributed by atoms with E-state index in [9.17, 15) is 19.1 Å². The molecule has 0 radical (unpaired) electrons. The molecule has 2 atom stereocenters. The molecule has 2 rings (SSSR count). The van der Waals surface area contributed by atoms with Crippen LogP contribution >= 0.6 is 0 Å². The number of non-ortho nitro benzene ring substituents is 1. The third-order valence-electron chi connectivity index (χ3n) is 3.45. The highest BCUT2D eigenvalue weighted by molar-refractivity contribution is 7.85. The third-order valence-corrected chi connectivity index (χ3v) is 4.77. The van der Waals surface area contributed by atoms with Gasteiger partial charge in [0.1, 0.15) is 0 Å². The predicted octanol–water partition coefficient (Wildman–Crippen LogP) is 1.97. The number of hydrogen-bond donors (Lipinski definition) is 1. The van der Waals surface area contributed by atoms with Gasteiger partial charge in [-0.15, -0.1) is 0 Å². The summed E-state index contributed by atoms with van der Waals surface area (Å²) in [5, 5.41) is 13.3. The molecule has 1 aromatic rings. The zero-order chi connectivity index (χ0) is 15.4. The molecule has 2 amide bonds. The van der Waals surface area contributed by atoms with Crippen molar-refractivity contribution in [1.29, 1.82) is 0 Å². The molecule has 0 unspecified atom stereocenters. The topological polar surface area (TPSA) is 92.6 Å². The lowest BCUT2D eigenvalue weighted by atomic mass is 10.2. The molecule has 1 heterocycles. The summed E-state index contributed by atoms with van der Waals surface area (Å²) in [4.78, 5) is 24.0. The summed E-state index contributed by atoms with van der Waals surface area (Å²) < 4.78 is 11.5. The summed E-state index contributed by atoms with van der Waals surface area (Å²) in [5.74, 6) is 1.10. The molecule has 0 aliphatic carbocycles. The second kappa shape index (κ2) is 6.66. The summed E-state index contributed by atoms with van der Waals surface area (Å²) in [7, 11) is -0.867. The Bertz CT molecular complexity index is 561. The number of carbonyl (C=O) groups is 1. The van der Waals surface area contributed by atoms with E-state index in [1.807, 2.05) is 6.92 Å². The molecule has 1 aliphatic rings. The van der Waals surface area contributed by atoms with Crippen LogP contribution in [-0.2, 0) is 10.8 Å². The average Bonchev–Trinajstić information content (AvgIpc) is 2.61. The first-order chi connectivity index (χ1) is 9.97. The van der Waals surface area contributed by atoms with E-state index in [0.717, 1.165) is 0 Å². The Morgan fingerprint density at radius 2 is 2.05 bits per heavy atom. The number of nitro groups is 1. The summed E-state index contributed by atoms with van der Waals surface area (Å²) in [5.41, 5.74) is 0.481. The van der Waals surface area contributed by atoms with E-state index in [0.29, 0.717) is 30.2 Å². The van der Waals surface area contributed by atoms with E-state index in [1.165, 1.54) is 24.3 Å². The van der Waals surface area contributed by atoms with Gasteiger partial charge in [0.05, 0.1) is 4.92 Å². The van der Waals surface area contributed by atoms with Gasteiger partial charge in [-0.3, -0.25) is 14.3 Å². The number of amides is 2. The van der Waals surface area contributed by atoms with Gasteiger partial charge in [0.15, 0.2) is 0 Å². The van der Waals surface area contributed by atoms with E-state index < -0.39 is 15.7 Å². The quantitative estimate of drug-likeness (QED) is 0.667. The molecule has 0 saturated carbocycles. The summed E-state index contributed by atoms with van der Waals surface area (Å²) in [6.07, 6.45) is 0.709. The van der Waals surface area contributed by atoms with Crippen molar-refractivity contribution in [3.8, 4) is 0 Å². The smallest absolute Gasteiger partial charge is 0.321 e. The maximum absolute atomic E-state index is 12.2. The molecule has 0 aromatic heterocycles. The molecule has 1 aliphatic heterocycles. The molecule has 1 fully saturated rings. The highest BCUT2D eigenvalue weighted by Gasteiger charge is 2.24. The maximum atomic E-state index is 12.2. The number of anilines is 1. The van der Waals surface area contributed by atoms with Crippen molar-refractivity contribution in [2.45, 2.75) is 19.4 Å². The van der Waals surface area contributed by atoms with Gasteiger partial charge in [-0.05, 0) is 25.5 Å². The average molecular weight is 311 g/mol.